The van der Waals surface area contributed by atoms with Crippen molar-refractivity contribution in [1.82, 2.24) is 25.2 Å². The zero-order chi connectivity index (χ0) is 14.4. The molecular formula is C12H17N5O2S. The van der Waals surface area contributed by atoms with E-state index < -0.39 is 10.0 Å². The molecule has 20 heavy (non-hydrogen) atoms. The highest BCUT2D eigenvalue weighted by Gasteiger charge is 2.19. The highest BCUT2D eigenvalue weighted by molar-refractivity contribution is 7.89. The van der Waals surface area contributed by atoms with Crippen LogP contribution < -0.4 is 10.0 Å². The molecule has 2 aromatic heterocycles. The third-order valence-electron chi connectivity index (χ3n) is 2.77. The molecular weight excluding hydrogens is 278 g/mol. The molecule has 0 amide bonds. The Labute approximate surface area is 117 Å². The largest absolute Gasteiger partial charge is 0.316 e. The molecule has 0 radical (unpaired) electrons. The van der Waals surface area contributed by atoms with E-state index in [1.165, 1.54) is 6.20 Å². The number of pyridine rings is 1. The first kappa shape index (κ1) is 14.6. The number of H-pyrrole nitrogens is 1. The van der Waals surface area contributed by atoms with E-state index in [1.54, 1.807) is 19.4 Å². The maximum atomic E-state index is 12.2. The summed E-state index contributed by atoms with van der Waals surface area (Å²) in [6.45, 7) is 0.765. The van der Waals surface area contributed by atoms with Gasteiger partial charge in [0.1, 0.15) is 0 Å². The molecule has 3 N–H and O–H groups in total. The van der Waals surface area contributed by atoms with E-state index in [2.05, 4.69) is 25.2 Å². The Morgan fingerprint density at radius 1 is 1.30 bits per heavy atom. The molecule has 0 bridgehead atoms. The number of rotatable bonds is 7. The van der Waals surface area contributed by atoms with Gasteiger partial charge in [0.2, 0.25) is 0 Å². The minimum atomic E-state index is -3.56. The first-order valence-corrected chi connectivity index (χ1v) is 7.67. The molecule has 0 saturated carbocycles. The van der Waals surface area contributed by atoms with Crippen LogP contribution in [-0.2, 0) is 23.0 Å². The Balaban J connectivity index is 1.99. The summed E-state index contributed by atoms with van der Waals surface area (Å²) in [5.41, 5.74) is 1.65. The molecule has 0 spiro atoms. The summed E-state index contributed by atoms with van der Waals surface area (Å²) in [4.78, 5) is 3.92. The lowest BCUT2D eigenvalue weighted by molar-refractivity contribution is 0.575. The molecule has 0 fully saturated rings. The van der Waals surface area contributed by atoms with Crippen LogP contribution in [0.4, 0.5) is 0 Å². The van der Waals surface area contributed by atoms with Gasteiger partial charge in [-0.05, 0) is 31.2 Å². The van der Waals surface area contributed by atoms with E-state index in [-0.39, 0.29) is 5.03 Å². The van der Waals surface area contributed by atoms with Gasteiger partial charge in [0.25, 0.3) is 10.0 Å². The van der Waals surface area contributed by atoms with E-state index in [9.17, 15) is 8.42 Å². The number of nitrogens with zero attached hydrogens (tertiary/aromatic N) is 2. The maximum Gasteiger partial charge on any atom is 0.257 e. The van der Waals surface area contributed by atoms with Gasteiger partial charge in [-0.1, -0.05) is 0 Å². The highest BCUT2D eigenvalue weighted by atomic mass is 32.2. The van der Waals surface area contributed by atoms with Gasteiger partial charge < -0.3 is 5.32 Å². The normalized spacial score (nSPS) is 11.7. The van der Waals surface area contributed by atoms with Crippen molar-refractivity contribution in [1.29, 1.82) is 0 Å². The average molecular weight is 295 g/mol. The molecule has 0 unspecified atom stereocenters. The molecule has 0 aliphatic rings. The van der Waals surface area contributed by atoms with E-state index in [0.29, 0.717) is 25.1 Å². The van der Waals surface area contributed by atoms with Crippen molar-refractivity contribution in [3.63, 3.8) is 0 Å². The minimum Gasteiger partial charge on any atom is -0.316 e. The lowest BCUT2D eigenvalue weighted by atomic mass is 10.2. The smallest absolute Gasteiger partial charge is 0.257 e. The lowest BCUT2D eigenvalue weighted by Gasteiger charge is -2.07. The zero-order valence-electron chi connectivity index (χ0n) is 11.1. The number of hydrogen-bond acceptors (Lipinski definition) is 5. The quantitative estimate of drug-likeness (QED) is 0.670. The van der Waals surface area contributed by atoms with E-state index >= 15 is 0 Å². The molecule has 0 aliphatic heterocycles. The van der Waals surface area contributed by atoms with E-state index in [0.717, 1.165) is 5.56 Å². The van der Waals surface area contributed by atoms with Crippen LogP contribution in [0.1, 0.15) is 11.1 Å². The molecule has 0 saturated heterocycles. The summed E-state index contributed by atoms with van der Waals surface area (Å²) < 4.78 is 26.9. The van der Waals surface area contributed by atoms with Gasteiger partial charge in [-0.2, -0.15) is 5.10 Å². The third-order valence-corrected chi connectivity index (χ3v) is 4.24. The van der Waals surface area contributed by atoms with Crippen LogP contribution >= 0.6 is 0 Å². The molecule has 0 aliphatic carbocycles. The van der Waals surface area contributed by atoms with E-state index in [1.807, 2.05) is 12.1 Å². The monoisotopic (exact) mass is 295 g/mol. The van der Waals surface area contributed by atoms with Crippen molar-refractivity contribution in [3.8, 4) is 0 Å². The van der Waals surface area contributed by atoms with Crippen molar-refractivity contribution in [2.24, 2.45) is 0 Å². The average Bonchev–Trinajstić information content (AvgIpc) is 2.89. The van der Waals surface area contributed by atoms with Crippen LogP contribution in [0.2, 0.25) is 0 Å². The van der Waals surface area contributed by atoms with Gasteiger partial charge in [0.05, 0.1) is 6.20 Å². The number of nitrogens with one attached hydrogen (secondary N) is 3. The SMILES string of the molecule is CNCc1cn[nH]c1S(=O)(=O)NCCc1ccncc1. The van der Waals surface area contributed by atoms with Gasteiger partial charge in [-0.3, -0.25) is 10.1 Å². The predicted molar refractivity (Wildman–Crippen MR) is 74.5 cm³/mol. The highest BCUT2D eigenvalue weighted by Crippen LogP contribution is 2.11. The lowest BCUT2D eigenvalue weighted by Crippen LogP contribution is -2.27. The van der Waals surface area contributed by atoms with Crippen LogP contribution in [-0.4, -0.2) is 37.2 Å². The third kappa shape index (κ3) is 3.62. The van der Waals surface area contributed by atoms with Gasteiger partial charge >= 0.3 is 0 Å². The fraction of sp³-hybridized carbons (Fsp3) is 0.333. The van der Waals surface area contributed by atoms with Gasteiger partial charge in [0, 0.05) is 31.0 Å². The zero-order valence-corrected chi connectivity index (χ0v) is 11.9. The van der Waals surface area contributed by atoms with Crippen molar-refractivity contribution < 1.29 is 8.42 Å². The predicted octanol–water partition coefficient (Wildman–Crippen LogP) is 0.0451. The fourth-order valence-corrected chi connectivity index (χ4v) is 2.96. The molecule has 2 heterocycles. The Morgan fingerprint density at radius 2 is 2.05 bits per heavy atom. The van der Waals surface area contributed by atoms with Crippen LogP contribution in [0.5, 0.6) is 0 Å². The Bertz CT molecular complexity index is 639. The molecule has 2 rings (SSSR count). The number of aromatic amines is 1. The Morgan fingerprint density at radius 3 is 2.75 bits per heavy atom. The van der Waals surface area contributed by atoms with Crippen molar-refractivity contribution in [3.05, 3.63) is 41.9 Å². The van der Waals surface area contributed by atoms with Crippen molar-refractivity contribution >= 4 is 10.0 Å². The molecule has 7 nitrogen and oxygen atoms in total. The fourth-order valence-electron chi connectivity index (χ4n) is 1.80. The number of hydrogen-bond donors (Lipinski definition) is 3. The maximum absolute atomic E-state index is 12.2. The van der Waals surface area contributed by atoms with E-state index in [4.69, 9.17) is 0 Å². The van der Waals surface area contributed by atoms with Gasteiger partial charge in [0.15, 0.2) is 5.03 Å². The molecule has 8 heteroatoms. The molecule has 0 atom stereocenters. The molecule has 0 aromatic carbocycles. The van der Waals surface area contributed by atoms with Crippen molar-refractivity contribution in [2.45, 2.75) is 18.0 Å². The summed E-state index contributed by atoms with van der Waals surface area (Å²) >= 11 is 0. The van der Waals surface area contributed by atoms with Crippen LogP contribution in [0, 0.1) is 0 Å². The second-order valence-electron chi connectivity index (χ2n) is 4.26. The minimum absolute atomic E-state index is 0.113. The standard InChI is InChI=1S/C12H17N5O2S/c1-13-8-11-9-15-17-12(11)20(18,19)16-7-4-10-2-5-14-6-3-10/h2-3,5-6,9,13,16H,4,7-8H2,1H3,(H,15,17). The van der Waals surface area contributed by atoms with Crippen LogP contribution in [0.3, 0.4) is 0 Å². The first-order chi connectivity index (χ1) is 9.63. The number of sulfonamides is 1. The Hall–Kier alpha value is -1.77. The summed E-state index contributed by atoms with van der Waals surface area (Å²) in [6.07, 6.45) is 5.48. The van der Waals surface area contributed by atoms with Gasteiger partial charge in [-0.15, -0.1) is 0 Å². The summed E-state index contributed by atoms with van der Waals surface area (Å²) in [7, 11) is -1.81. The first-order valence-electron chi connectivity index (χ1n) is 6.19. The second kappa shape index (κ2) is 6.60. The van der Waals surface area contributed by atoms with Crippen molar-refractivity contribution in [2.75, 3.05) is 13.6 Å². The van der Waals surface area contributed by atoms with Crippen LogP contribution in [0.15, 0.2) is 35.7 Å². The topological polar surface area (TPSA) is 99.8 Å². The summed E-state index contributed by atoms with van der Waals surface area (Å²) in [6, 6.07) is 3.72. The summed E-state index contributed by atoms with van der Waals surface area (Å²) in [5, 5.41) is 9.33. The number of aromatic nitrogens is 3. The molecule has 2 aromatic rings. The second-order valence-corrected chi connectivity index (χ2v) is 5.96. The van der Waals surface area contributed by atoms with Gasteiger partial charge in [-0.25, -0.2) is 13.1 Å². The Kier molecular flexibility index (Phi) is 4.83. The molecule has 108 valence electrons. The van der Waals surface area contributed by atoms with Crippen LogP contribution in [0.25, 0.3) is 0 Å². The summed E-state index contributed by atoms with van der Waals surface area (Å²) in [5.74, 6) is 0.